The Bertz CT molecular complexity index is 235. The average molecular weight is 183 g/mol. The first-order valence-corrected chi connectivity index (χ1v) is 5.39. The van der Waals surface area contributed by atoms with E-state index in [1.807, 2.05) is 23.9 Å². The maximum Gasteiger partial charge on any atom is 0.121 e. The number of furan rings is 1. The van der Waals surface area contributed by atoms with Gasteiger partial charge in [-0.25, -0.2) is 0 Å². The van der Waals surface area contributed by atoms with E-state index in [0.29, 0.717) is 12.1 Å². The van der Waals surface area contributed by atoms with Crippen LogP contribution in [0, 0.1) is 0 Å². The fourth-order valence-corrected chi connectivity index (χ4v) is 2.54. The lowest BCUT2D eigenvalue weighted by atomic mass is 10.2. The Morgan fingerprint density at radius 1 is 1.58 bits per heavy atom. The summed E-state index contributed by atoms with van der Waals surface area (Å²) in [4.78, 5) is 0. The molecule has 3 heteroatoms. The van der Waals surface area contributed by atoms with Crippen molar-refractivity contribution in [3.05, 3.63) is 24.2 Å². The third kappa shape index (κ3) is 1.67. The van der Waals surface area contributed by atoms with Gasteiger partial charge in [-0.3, -0.25) is 0 Å². The average Bonchev–Trinajstić information content (AvgIpc) is 2.56. The zero-order valence-corrected chi connectivity index (χ0v) is 7.93. The molecule has 0 aliphatic carbocycles. The molecule has 0 amide bonds. The molecule has 1 aliphatic rings. The van der Waals surface area contributed by atoms with Crippen LogP contribution in [0.3, 0.4) is 0 Å². The molecule has 12 heavy (non-hydrogen) atoms. The highest BCUT2D eigenvalue weighted by atomic mass is 32.2. The molecule has 2 unspecified atom stereocenters. The third-order valence-electron chi connectivity index (χ3n) is 2.02. The van der Waals surface area contributed by atoms with E-state index in [-0.39, 0.29) is 0 Å². The van der Waals surface area contributed by atoms with Gasteiger partial charge in [0, 0.05) is 17.5 Å². The molecule has 1 N–H and O–H groups in total. The topological polar surface area (TPSA) is 25.2 Å². The molecule has 1 aliphatic heterocycles. The minimum atomic E-state index is 0.411. The maximum absolute atomic E-state index is 5.35. The molecule has 0 radical (unpaired) electrons. The largest absolute Gasteiger partial charge is 0.468 e. The van der Waals surface area contributed by atoms with Gasteiger partial charge in [0.15, 0.2) is 0 Å². The number of thioether (sulfide) groups is 1. The van der Waals surface area contributed by atoms with Gasteiger partial charge < -0.3 is 9.73 Å². The lowest BCUT2D eigenvalue weighted by Gasteiger charge is -2.26. The van der Waals surface area contributed by atoms with Crippen molar-refractivity contribution >= 4 is 11.8 Å². The second kappa shape index (κ2) is 3.54. The van der Waals surface area contributed by atoms with Crippen LogP contribution in [0.4, 0.5) is 0 Å². The molecule has 1 aromatic rings. The van der Waals surface area contributed by atoms with Crippen LogP contribution in [0.25, 0.3) is 0 Å². The number of hydrogen-bond donors (Lipinski definition) is 1. The molecule has 1 saturated heterocycles. The molecule has 0 aromatic carbocycles. The summed E-state index contributed by atoms with van der Waals surface area (Å²) in [5.41, 5.74) is 0. The van der Waals surface area contributed by atoms with Crippen molar-refractivity contribution in [1.29, 1.82) is 0 Å². The molecule has 1 fully saturated rings. The minimum Gasteiger partial charge on any atom is -0.468 e. The van der Waals surface area contributed by atoms with Crippen molar-refractivity contribution in [3.8, 4) is 0 Å². The lowest BCUT2D eigenvalue weighted by Crippen LogP contribution is -2.37. The van der Waals surface area contributed by atoms with Crippen molar-refractivity contribution in [1.82, 2.24) is 5.32 Å². The zero-order valence-electron chi connectivity index (χ0n) is 7.12. The van der Waals surface area contributed by atoms with Crippen molar-refractivity contribution in [3.63, 3.8) is 0 Å². The van der Waals surface area contributed by atoms with Crippen LogP contribution < -0.4 is 5.32 Å². The molecule has 2 heterocycles. The van der Waals surface area contributed by atoms with Gasteiger partial charge in [0.25, 0.3) is 0 Å². The zero-order chi connectivity index (χ0) is 8.39. The second-order valence-corrected chi connectivity index (χ2v) is 4.25. The van der Waals surface area contributed by atoms with Crippen LogP contribution in [0.15, 0.2) is 22.8 Å². The fraction of sp³-hybridized carbons (Fsp3) is 0.556. The Hall–Kier alpha value is -0.410. The van der Waals surface area contributed by atoms with Crippen LogP contribution in [0.5, 0.6) is 0 Å². The Labute approximate surface area is 76.7 Å². The van der Waals surface area contributed by atoms with Gasteiger partial charge in [-0.2, -0.15) is 11.8 Å². The summed E-state index contributed by atoms with van der Waals surface area (Å²) in [5.74, 6) is 3.39. The van der Waals surface area contributed by atoms with Crippen molar-refractivity contribution in [2.75, 3.05) is 11.5 Å². The van der Waals surface area contributed by atoms with Crippen LogP contribution >= 0.6 is 11.8 Å². The van der Waals surface area contributed by atoms with Crippen molar-refractivity contribution < 1.29 is 4.42 Å². The predicted molar refractivity (Wildman–Crippen MR) is 51.4 cm³/mol. The van der Waals surface area contributed by atoms with Gasteiger partial charge in [-0.1, -0.05) is 0 Å². The second-order valence-electron chi connectivity index (χ2n) is 3.17. The molecular weight excluding hydrogens is 170 g/mol. The van der Waals surface area contributed by atoms with Crippen LogP contribution in [0.2, 0.25) is 0 Å². The normalized spacial score (nSPS) is 30.4. The molecule has 0 bridgehead atoms. The van der Waals surface area contributed by atoms with E-state index in [2.05, 4.69) is 12.2 Å². The smallest absolute Gasteiger partial charge is 0.121 e. The molecular formula is C9H13NOS. The number of hydrogen-bond acceptors (Lipinski definition) is 3. The van der Waals surface area contributed by atoms with E-state index in [4.69, 9.17) is 4.42 Å². The summed E-state index contributed by atoms with van der Waals surface area (Å²) in [6.07, 6.45) is 1.74. The maximum atomic E-state index is 5.35. The molecule has 0 saturated carbocycles. The van der Waals surface area contributed by atoms with Gasteiger partial charge in [-0.05, 0) is 19.1 Å². The highest BCUT2D eigenvalue weighted by Gasteiger charge is 2.21. The first kappa shape index (κ1) is 8.20. The Morgan fingerprint density at radius 3 is 3.17 bits per heavy atom. The van der Waals surface area contributed by atoms with Crippen molar-refractivity contribution in [2.45, 2.75) is 19.0 Å². The predicted octanol–water partition coefficient (Wildman–Crippen LogP) is 2.05. The molecule has 0 spiro atoms. The summed E-state index contributed by atoms with van der Waals surface area (Å²) in [5, 5.41) is 3.50. The van der Waals surface area contributed by atoms with Crippen LogP contribution in [-0.4, -0.2) is 17.5 Å². The van der Waals surface area contributed by atoms with E-state index in [1.165, 1.54) is 5.75 Å². The Kier molecular flexibility index (Phi) is 2.42. The van der Waals surface area contributed by atoms with Crippen LogP contribution in [-0.2, 0) is 0 Å². The number of nitrogens with one attached hydrogen (secondary N) is 1. The van der Waals surface area contributed by atoms with Gasteiger partial charge in [0.05, 0.1) is 12.3 Å². The first-order valence-electron chi connectivity index (χ1n) is 4.23. The first-order chi connectivity index (χ1) is 5.86. The summed E-state index contributed by atoms with van der Waals surface area (Å²) >= 11 is 1.99. The highest BCUT2D eigenvalue weighted by Crippen LogP contribution is 2.24. The molecule has 2 atom stereocenters. The van der Waals surface area contributed by atoms with E-state index < -0.39 is 0 Å². The van der Waals surface area contributed by atoms with E-state index >= 15 is 0 Å². The summed E-state index contributed by atoms with van der Waals surface area (Å²) in [6.45, 7) is 2.21. The quantitative estimate of drug-likeness (QED) is 0.721. The van der Waals surface area contributed by atoms with Crippen molar-refractivity contribution in [2.24, 2.45) is 0 Å². The van der Waals surface area contributed by atoms with Gasteiger partial charge in [0.2, 0.25) is 0 Å². The van der Waals surface area contributed by atoms with Gasteiger partial charge >= 0.3 is 0 Å². The van der Waals surface area contributed by atoms with Gasteiger partial charge in [0.1, 0.15) is 5.76 Å². The highest BCUT2D eigenvalue weighted by molar-refractivity contribution is 7.99. The Balaban J connectivity index is 2.04. The fourth-order valence-electron chi connectivity index (χ4n) is 1.46. The molecule has 1 aromatic heterocycles. The van der Waals surface area contributed by atoms with Crippen LogP contribution in [0.1, 0.15) is 18.7 Å². The number of rotatable bonds is 1. The SMILES string of the molecule is CC1CSCC(c2ccco2)N1. The monoisotopic (exact) mass is 183 g/mol. The van der Waals surface area contributed by atoms with E-state index in [0.717, 1.165) is 11.5 Å². The summed E-state index contributed by atoms with van der Waals surface area (Å²) in [6, 6.07) is 4.99. The summed E-state index contributed by atoms with van der Waals surface area (Å²) in [7, 11) is 0. The standard InChI is InChI=1S/C9H13NOS/c1-7-5-12-6-8(10-7)9-3-2-4-11-9/h2-4,7-8,10H,5-6H2,1H3. The lowest BCUT2D eigenvalue weighted by molar-refractivity contribution is 0.407. The van der Waals surface area contributed by atoms with E-state index in [9.17, 15) is 0 Å². The Morgan fingerprint density at radius 2 is 2.50 bits per heavy atom. The molecule has 2 nitrogen and oxygen atoms in total. The third-order valence-corrected chi connectivity index (χ3v) is 3.33. The summed E-state index contributed by atoms with van der Waals surface area (Å²) < 4.78 is 5.35. The van der Waals surface area contributed by atoms with E-state index in [1.54, 1.807) is 6.26 Å². The minimum absolute atomic E-state index is 0.411. The molecule has 2 rings (SSSR count). The van der Waals surface area contributed by atoms with Gasteiger partial charge in [-0.15, -0.1) is 0 Å². The molecule has 66 valence electrons.